The molecule has 0 saturated heterocycles. The van der Waals surface area contributed by atoms with Crippen molar-refractivity contribution >= 4 is 0 Å². The summed E-state index contributed by atoms with van der Waals surface area (Å²) in [6, 6.07) is 14.0. The van der Waals surface area contributed by atoms with E-state index in [0.29, 0.717) is 12.5 Å². The molecule has 19 heavy (non-hydrogen) atoms. The van der Waals surface area contributed by atoms with E-state index in [2.05, 4.69) is 22.4 Å². The van der Waals surface area contributed by atoms with E-state index in [4.69, 9.17) is 9.47 Å². The molecule has 0 unspecified atom stereocenters. The van der Waals surface area contributed by atoms with Crippen molar-refractivity contribution in [3.63, 3.8) is 0 Å². The summed E-state index contributed by atoms with van der Waals surface area (Å²) < 4.78 is 11.4. The summed E-state index contributed by atoms with van der Waals surface area (Å²) >= 11 is 0. The Labute approximate surface area is 112 Å². The monoisotopic (exact) mass is 256 g/mol. The largest absolute Gasteiger partial charge is 0.484 e. The minimum Gasteiger partial charge on any atom is -0.484 e. The van der Waals surface area contributed by atoms with Crippen LogP contribution in [0.2, 0.25) is 0 Å². The van der Waals surface area contributed by atoms with Crippen molar-refractivity contribution in [2.45, 2.75) is 12.6 Å². The van der Waals surface area contributed by atoms with Gasteiger partial charge < -0.3 is 14.8 Å². The number of fused-ring (bicyclic) bond motifs is 1. The third-order valence-electron chi connectivity index (χ3n) is 2.98. The summed E-state index contributed by atoms with van der Waals surface area (Å²) in [6.45, 7) is 2.13. The summed E-state index contributed by atoms with van der Waals surface area (Å²) in [5.41, 5.74) is 1.26. The second kappa shape index (κ2) is 5.71. The van der Waals surface area contributed by atoms with Gasteiger partial charge in [0, 0.05) is 19.3 Å². The molecule has 98 valence electrons. The van der Waals surface area contributed by atoms with E-state index >= 15 is 0 Å². The molecule has 0 bridgehead atoms. The Morgan fingerprint density at radius 2 is 2.05 bits per heavy atom. The normalized spacial score (nSPS) is 17.2. The van der Waals surface area contributed by atoms with Crippen LogP contribution < -0.4 is 14.8 Å². The van der Waals surface area contributed by atoms with Crippen LogP contribution in [0.4, 0.5) is 0 Å². The molecule has 0 radical (unpaired) electrons. The smallest absolute Gasteiger partial charge is 0.257 e. The maximum absolute atomic E-state index is 5.77. The molecule has 0 amide bonds. The van der Waals surface area contributed by atoms with Crippen molar-refractivity contribution in [2.24, 2.45) is 0 Å². The molecule has 1 aliphatic heterocycles. The van der Waals surface area contributed by atoms with Gasteiger partial charge >= 0.3 is 0 Å². The van der Waals surface area contributed by atoms with Gasteiger partial charge in [0.15, 0.2) is 5.75 Å². The zero-order valence-electron chi connectivity index (χ0n) is 10.6. The lowest BCUT2D eigenvalue weighted by atomic mass is 10.2. The maximum atomic E-state index is 5.77. The van der Waals surface area contributed by atoms with Crippen molar-refractivity contribution in [1.29, 1.82) is 0 Å². The van der Waals surface area contributed by atoms with Crippen molar-refractivity contribution in [3.05, 3.63) is 54.2 Å². The maximum Gasteiger partial charge on any atom is 0.257 e. The highest BCUT2D eigenvalue weighted by Crippen LogP contribution is 2.27. The number of ether oxygens (including phenoxy) is 2. The summed E-state index contributed by atoms with van der Waals surface area (Å²) in [7, 11) is 0. The van der Waals surface area contributed by atoms with Crippen LogP contribution in [0.25, 0.3) is 0 Å². The average molecular weight is 256 g/mol. The number of aromatic nitrogens is 1. The Morgan fingerprint density at radius 3 is 2.95 bits per heavy atom. The number of nitrogens with zero attached hydrogens (tertiary/aromatic N) is 1. The lowest BCUT2D eigenvalue weighted by molar-refractivity contribution is 0.0843. The van der Waals surface area contributed by atoms with Gasteiger partial charge in [0.25, 0.3) is 5.88 Å². The van der Waals surface area contributed by atoms with E-state index in [1.54, 1.807) is 6.20 Å². The molecule has 0 saturated carbocycles. The standard InChI is InChI=1S/C15H16N2O2/c1-2-5-12(6-3-1)9-16-10-13-11-18-14-7-4-8-17-15(14)19-13/h1-8,13,16H,9-11H2/t13-/m0/s1. The van der Waals surface area contributed by atoms with E-state index in [-0.39, 0.29) is 6.10 Å². The van der Waals surface area contributed by atoms with E-state index in [1.165, 1.54) is 5.56 Å². The van der Waals surface area contributed by atoms with Gasteiger partial charge in [-0.2, -0.15) is 0 Å². The molecule has 1 aromatic heterocycles. The molecule has 1 aromatic carbocycles. The molecule has 2 aromatic rings. The van der Waals surface area contributed by atoms with Gasteiger partial charge in [-0.05, 0) is 17.7 Å². The number of benzene rings is 1. The van der Waals surface area contributed by atoms with Gasteiger partial charge in [-0.1, -0.05) is 30.3 Å². The van der Waals surface area contributed by atoms with Crippen LogP contribution in [0.1, 0.15) is 5.56 Å². The highest BCUT2D eigenvalue weighted by Gasteiger charge is 2.21. The van der Waals surface area contributed by atoms with Crippen LogP contribution in [0.5, 0.6) is 11.6 Å². The summed E-state index contributed by atoms with van der Waals surface area (Å²) in [5.74, 6) is 1.31. The van der Waals surface area contributed by atoms with Gasteiger partial charge in [-0.15, -0.1) is 0 Å². The second-order valence-corrected chi connectivity index (χ2v) is 4.47. The van der Waals surface area contributed by atoms with Crippen LogP contribution in [0.15, 0.2) is 48.7 Å². The predicted octanol–water partition coefficient (Wildman–Crippen LogP) is 2.01. The SMILES string of the molecule is c1ccc(CNC[C@H]2COc3cccnc3O2)cc1. The van der Waals surface area contributed by atoms with Crippen LogP contribution in [-0.4, -0.2) is 24.2 Å². The minimum atomic E-state index is 0.00566. The lowest BCUT2D eigenvalue weighted by Gasteiger charge is -2.25. The van der Waals surface area contributed by atoms with E-state index in [1.807, 2.05) is 30.3 Å². The molecule has 2 heterocycles. The topological polar surface area (TPSA) is 43.4 Å². The van der Waals surface area contributed by atoms with Crippen molar-refractivity contribution in [1.82, 2.24) is 10.3 Å². The molecule has 1 aliphatic rings. The highest BCUT2D eigenvalue weighted by atomic mass is 16.6. The molecule has 0 fully saturated rings. The number of rotatable bonds is 4. The van der Waals surface area contributed by atoms with Crippen LogP contribution in [0.3, 0.4) is 0 Å². The first-order valence-corrected chi connectivity index (χ1v) is 6.41. The third-order valence-corrected chi connectivity index (χ3v) is 2.98. The number of hydrogen-bond donors (Lipinski definition) is 1. The number of hydrogen-bond acceptors (Lipinski definition) is 4. The summed E-state index contributed by atoms with van der Waals surface area (Å²) in [6.07, 6.45) is 1.72. The third kappa shape index (κ3) is 3.03. The summed E-state index contributed by atoms with van der Waals surface area (Å²) in [5, 5.41) is 3.37. The molecule has 1 N–H and O–H groups in total. The van der Waals surface area contributed by atoms with Gasteiger partial charge in [0.05, 0.1) is 0 Å². The van der Waals surface area contributed by atoms with E-state index in [9.17, 15) is 0 Å². The highest BCUT2D eigenvalue weighted by molar-refractivity contribution is 5.34. The van der Waals surface area contributed by atoms with Gasteiger partial charge in [-0.3, -0.25) is 0 Å². The Bertz CT molecular complexity index is 531. The Kier molecular flexibility index (Phi) is 3.61. The quantitative estimate of drug-likeness (QED) is 0.908. The van der Waals surface area contributed by atoms with Crippen LogP contribution in [-0.2, 0) is 6.54 Å². The molecule has 4 heteroatoms. The lowest BCUT2D eigenvalue weighted by Crippen LogP contribution is -2.38. The van der Waals surface area contributed by atoms with Crippen molar-refractivity contribution in [2.75, 3.05) is 13.2 Å². The number of nitrogens with one attached hydrogen (secondary N) is 1. The molecular formula is C15H16N2O2. The minimum absolute atomic E-state index is 0.00566. The first kappa shape index (κ1) is 12.0. The van der Waals surface area contributed by atoms with Crippen LogP contribution in [0, 0.1) is 0 Å². The second-order valence-electron chi connectivity index (χ2n) is 4.47. The fourth-order valence-corrected chi connectivity index (χ4v) is 2.02. The number of pyridine rings is 1. The van der Waals surface area contributed by atoms with Gasteiger partial charge in [0.1, 0.15) is 12.7 Å². The fourth-order valence-electron chi connectivity index (χ4n) is 2.02. The first-order chi connectivity index (χ1) is 9.42. The molecule has 4 nitrogen and oxygen atoms in total. The first-order valence-electron chi connectivity index (χ1n) is 6.41. The zero-order chi connectivity index (χ0) is 12.9. The van der Waals surface area contributed by atoms with Crippen molar-refractivity contribution < 1.29 is 9.47 Å². The fraction of sp³-hybridized carbons (Fsp3) is 0.267. The molecular weight excluding hydrogens is 240 g/mol. The molecule has 1 atom stereocenters. The molecule has 0 aliphatic carbocycles. The molecule has 3 rings (SSSR count). The van der Waals surface area contributed by atoms with Gasteiger partial charge in [0.2, 0.25) is 0 Å². The Morgan fingerprint density at radius 1 is 1.16 bits per heavy atom. The van der Waals surface area contributed by atoms with Crippen molar-refractivity contribution in [3.8, 4) is 11.6 Å². The molecule has 0 spiro atoms. The Balaban J connectivity index is 1.50. The van der Waals surface area contributed by atoms with E-state index in [0.717, 1.165) is 18.8 Å². The predicted molar refractivity (Wildman–Crippen MR) is 72.3 cm³/mol. The summed E-state index contributed by atoms with van der Waals surface area (Å²) in [4.78, 5) is 4.16. The Hall–Kier alpha value is -2.07. The zero-order valence-corrected chi connectivity index (χ0v) is 10.6. The van der Waals surface area contributed by atoms with E-state index < -0.39 is 0 Å². The van der Waals surface area contributed by atoms with Gasteiger partial charge in [-0.25, -0.2) is 4.98 Å². The average Bonchev–Trinajstić information content (AvgIpc) is 2.48. The van der Waals surface area contributed by atoms with Crippen LogP contribution >= 0.6 is 0 Å².